The van der Waals surface area contributed by atoms with Gasteiger partial charge in [-0.2, -0.15) is 5.10 Å². The van der Waals surface area contributed by atoms with Crippen LogP contribution in [-0.4, -0.2) is 50.9 Å². The zero-order valence-electron chi connectivity index (χ0n) is 17.5. The van der Waals surface area contributed by atoms with Crippen LogP contribution in [0.15, 0.2) is 24.4 Å². The SMILES string of the molecule is CC1CC(NC(C)C(=O)OC(C)(C)C)N(C(=O)c2cccc3c2cnn3C)C1. The fourth-order valence-corrected chi connectivity index (χ4v) is 3.69. The van der Waals surface area contributed by atoms with E-state index < -0.39 is 11.6 Å². The summed E-state index contributed by atoms with van der Waals surface area (Å²) in [4.78, 5) is 27.5. The Hall–Kier alpha value is -2.41. The number of esters is 1. The summed E-state index contributed by atoms with van der Waals surface area (Å²) in [5.41, 5.74) is 1.02. The summed E-state index contributed by atoms with van der Waals surface area (Å²) in [6, 6.07) is 5.16. The van der Waals surface area contributed by atoms with Crippen LogP contribution in [0.4, 0.5) is 0 Å². The highest BCUT2D eigenvalue weighted by Crippen LogP contribution is 2.27. The molecule has 28 heavy (non-hydrogen) atoms. The molecule has 1 aromatic carbocycles. The first kappa shape index (κ1) is 20.3. The Balaban J connectivity index is 1.80. The predicted octanol–water partition coefficient (Wildman–Crippen LogP) is 2.70. The summed E-state index contributed by atoms with van der Waals surface area (Å²) >= 11 is 0. The third-order valence-corrected chi connectivity index (χ3v) is 5.00. The van der Waals surface area contributed by atoms with Crippen LogP contribution in [0.5, 0.6) is 0 Å². The minimum Gasteiger partial charge on any atom is -0.459 e. The molecule has 1 aliphatic heterocycles. The first-order valence-corrected chi connectivity index (χ1v) is 9.77. The first-order valence-electron chi connectivity index (χ1n) is 9.77. The third-order valence-electron chi connectivity index (χ3n) is 5.00. The number of carbonyl (C=O) groups is 2. The van der Waals surface area contributed by atoms with E-state index in [-0.39, 0.29) is 18.0 Å². The standard InChI is InChI=1S/C21H30N4O3/c1-13-10-18(23-14(2)20(27)28-21(3,4)5)25(12-13)19(26)15-8-7-9-17-16(15)11-22-24(17)6/h7-9,11,13-14,18,23H,10,12H2,1-6H3. The van der Waals surface area contributed by atoms with Gasteiger partial charge in [0.1, 0.15) is 11.6 Å². The van der Waals surface area contributed by atoms with Crippen LogP contribution < -0.4 is 5.32 Å². The molecule has 7 heteroatoms. The zero-order chi connectivity index (χ0) is 20.6. The van der Waals surface area contributed by atoms with Gasteiger partial charge in [0.05, 0.1) is 23.4 Å². The number of aryl methyl sites for hydroxylation is 1. The molecule has 0 aliphatic carbocycles. The summed E-state index contributed by atoms with van der Waals surface area (Å²) < 4.78 is 7.22. The summed E-state index contributed by atoms with van der Waals surface area (Å²) in [7, 11) is 1.86. The van der Waals surface area contributed by atoms with Gasteiger partial charge in [-0.1, -0.05) is 13.0 Å². The minimum atomic E-state index is -0.540. The van der Waals surface area contributed by atoms with Crippen molar-refractivity contribution in [2.45, 2.75) is 58.8 Å². The largest absolute Gasteiger partial charge is 0.459 e. The fraction of sp³-hybridized carbons (Fsp3) is 0.571. The van der Waals surface area contributed by atoms with E-state index in [0.29, 0.717) is 18.0 Å². The Morgan fingerprint density at radius 1 is 1.32 bits per heavy atom. The molecule has 152 valence electrons. The molecule has 0 saturated carbocycles. The zero-order valence-corrected chi connectivity index (χ0v) is 17.5. The van der Waals surface area contributed by atoms with Crippen LogP contribution in [0.3, 0.4) is 0 Å². The van der Waals surface area contributed by atoms with Gasteiger partial charge < -0.3 is 9.64 Å². The maximum absolute atomic E-state index is 13.3. The summed E-state index contributed by atoms with van der Waals surface area (Å²) in [6.07, 6.45) is 2.31. The minimum absolute atomic E-state index is 0.0446. The van der Waals surface area contributed by atoms with Crippen molar-refractivity contribution in [3.05, 3.63) is 30.0 Å². The van der Waals surface area contributed by atoms with Gasteiger partial charge in [-0.05, 0) is 52.2 Å². The Morgan fingerprint density at radius 3 is 2.71 bits per heavy atom. The number of benzene rings is 1. The Labute approximate surface area is 166 Å². The van der Waals surface area contributed by atoms with Crippen LogP contribution in [0.1, 0.15) is 51.4 Å². The molecule has 1 N–H and O–H groups in total. The third kappa shape index (κ3) is 4.19. The molecule has 3 atom stereocenters. The second-order valence-corrected chi connectivity index (χ2v) is 8.74. The maximum atomic E-state index is 13.3. The van der Waals surface area contributed by atoms with Gasteiger partial charge in [-0.15, -0.1) is 0 Å². The lowest BCUT2D eigenvalue weighted by Gasteiger charge is -2.29. The average molecular weight is 386 g/mol. The highest BCUT2D eigenvalue weighted by Gasteiger charge is 2.36. The molecule has 1 aromatic heterocycles. The van der Waals surface area contributed by atoms with Gasteiger partial charge in [0.2, 0.25) is 0 Å². The van der Waals surface area contributed by atoms with E-state index in [9.17, 15) is 9.59 Å². The quantitative estimate of drug-likeness (QED) is 0.818. The van der Waals surface area contributed by atoms with Gasteiger partial charge in [0.15, 0.2) is 0 Å². The topological polar surface area (TPSA) is 76.5 Å². The van der Waals surface area contributed by atoms with Crippen molar-refractivity contribution in [3.8, 4) is 0 Å². The summed E-state index contributed by atoms with van der Waals surface area (Å²) in [5.74, 6) is -0.00830. The van der Waals surface area contributed by atoms with E-state index in [0.717, 1.165) is 17.3 Å². The highest BCUT2D eigenvalue weighted by atomic mass is 16.6. The number of ether oxygens (including phenoxy) is 1. The normalized spacial score (nSPS) is 21.1. The number of carbonyl (C=O) groups excluding carboxylic acids is 2. The van der Waals surface area contributed by atoms with E-state index in [2.05, 4.69) is 17.3 Å². The van der Waals surface area contributed by atoms with Crippen molar-refractivity contribution in [3.63, 3.8) is 0 Å². The molecule has 0 spiro atoms. The number of nitrogens with one attached hydrogen (secondary N) is 1. The van der Waals surface area contributed by atoms with E-state index in [1.807, 2.05) is 50.9 Å². The average Bonchev–Trinajstić information content (AvgIpc) is 3.15. The summed E-state index contributed by atoms with van der Waals surface area (Å²) in [6.45, 7) is 10.1. The van der Waals surface area contributed by atoms with Gasteiger partial charge in [0, 0.05) is 19.0 Å². The lowest BCUT2D eigenvalue weighted by atomic mass is 10.1. The van der Waals surface area contributed by atoms with E-state index in [1.54, 1.807) is 17.8 Å². The highest BCUT2D eigenvalue weighted by molar-refractivity contribution is 6.06. The molecule has 3 rings (SSSR count). The molecule has 2 heterocycles. The van der Waals surface area contributed by atoms with E-state index in [4.69, 9.17) is 4.74 Å². The smallest absolute Gasteiger partial charge is 0.323 e. The number of nitrogens with zero attached hydrogens (tertiary/aromatic N) is 3. The fourth-order valence-electron chi connectivity index (χ4n) is 3.69. The van der Waals surface area contributed by atoms with Crippen LogP contribution in [0, 0.1) is 5.92 Å². The van der Waals surface area contributed by atoms with Crippen molar-refractivity contribution in [1.82, 2.24) is 20.0 Å². The van der Waals surface area contributed by atoms with Crippen LogP contribution >= 0.6 is 0 Å². The van der Waals surface area contributed by atoms with Gasteiger partial charge in [-0.25, -0.2) is 0 Å². The Bertz CT molecular complexity index is 883. The number of hydrogen-bond donors (Lipinski definition) is 1. The number of hydrogen-bond acceptors (Lipinski definition) is 5. The first-order chi connectivity index (χ1) is 13.1. The Kier molecular flexibility index (Phi) is 5.48. The Morgan fingerprint density at radius 2 is 2.04 bits per heavy atom. The van der Waals surface area contributed by atoms with Crippen molar-refractivity contribution in [2.75, 3.05) is 6.54 Å². The lowest BCUT2D eigenvalue weighted by molar-refractivity contribution is -0.157. The number of amides is 1. The second kappa shape index (κ2) is 7.54. The molecular formula is C21H30N4O3. The molecule has 1 amide bonds. The molecule has 7 nitrogen and oxygen atoms in total. The van der Waals surface area contributed by atoms with Crippen molar-refractivity contribution in [2.24, 2.45) is 13.0 Å². The molecule has 2 aromatic rings. The number of fused-ring (bicyclic) bond motifs is 1. The second-order valence-electron chi connectivity index (χ2n) is 8.74. The van der Waals surface area contributed by atoms with E-state index >= 15 is 0 Å². The molecule has 1 saturated heterocycles. The van der Waals surface area contributed by atoms with Crippen molar-refractivity contribution >= 4 is 22.8 Å². The van der Waals surface area contributed by atoms with Crippen molar-refractivity contribution in [1.29, 1.82) is 0 Å². The maximum Gasteiger partial charge on any atom is 0.323 e. The monoisotopic (exact) mass is 386 g/mol. The molecule has 0 bridgehead atoms. The van der Waals surface area contributed by atoms with Gasteiger partial charge in [0.25, 0.3) is 5.91 Å². The van der Waals surface area contributed by atoms with Crippen LogP contribution in [0.2, 0.25) is 0 Å². The van der Waals surface area contributed by atoms with Crippen LogP contribution in [0.25, 0.3) is 10.9 Å². The number of rotatable bonds is 4. The summed E-state index contributed by atoms with van der Waals surface area (Å²) in [5, 5.41) is 8.41. The molecular weight excluding hydrogens is 356 g/mol. The van der Waals surface area contributed by atoms with Crippen LogP contribution in [-0.2, 0) is 16.6 Å². The molecule has 1 aliphatic rings. The van der Waals surface area contributed by atoms with Gasteiger partial charge in [-0.3, -0.25) is 19.6 Å². The number of likely N-dealkylation sites (tertiary alicyclic amines) is 1. The number of aromatic nitrogens is 2. The van der Waals surface area contributed by atoms with E-state index in [1.165, 1.54) is 0 Å². The van der Waals surface area contributed by atoms with Crippen molar-refractivity contribution < 1.29 is 14.3 Å². The molecule has 0 radical (unpaired) electrons. The molecule has 3 unspecified atom stereocenters. The predicted molar refractivity (Wildman–Crippen MR) is 108 cm³/mol. The van der Waals surface area contributed by atoms with Gasteiger partial charge >= 0.3 is 5.97 Å². The molecule has 1 fully saturated rings. The lowest BCUT2D eigenvalue weighted by Crippen LogP contribution is -2.51.